The zero-order chi connectivity index (χ0) is 12.3. The number of rotatable bonds is 4. The molecule has 0 radical (unpaired) electrons. The minimum atomic E-state index is 0.574. The first-order valence-corrected chi connectivity index (χ1v) is 6.09. The Balaban J connectivity index is 2.11. The van der Waals surface area contributed by atoms with Crippen LogP contribution in [0.3, 0.4) is 0 Å². The molecule has 1 aromatic carbocycles. The van der Waals surface area contributed by atoms with Crippen LogP contribution in [0.1, 0.15) is 11.3 Å². The predicted molar refractivity (Wildman–Crippen MR) is 70.5 cm³/mol. The van der Waals surface area contributed by atoms with Gasteiger partial charge in [0.1, 0.15) is 0 Å². The number of nitrogens with zero attached hydrogens (tertiary/aromatic N) is 2. The summed E-state index contributed by atoms with van der Waals surface area (Å²) in [5, 5.41) is 1.15. The molecule has 0 aliphatic heterocycles. The second-order valence-corrected chi connectivity index (χ2v) is 4.64. The number of aromatic nitrogens is 2. The van der Waals surface area contributed by atoms with E-state index in [4.69, 9.17) is 28.9 Å². The van der Waals surface area contributed by atoms with Gasteiger partial charge in [-0.1, -0.05) is 29.3 Å². The Morgan fingerprint density at radius 1 is 1.24 bits per heavy atom. The average Bonchev–Trinajstić information content (AvgIpc) is 2.72. The Hall–Kier alpha value is -1.03. The highest BCUT2D eigenvalue weighted by Gasteiger charge is 2.02. The Labute approximate surface area is 110 Å². The average molecular weight is 270 g/mol. The van der Waals surface area contributed by atoms with Crippen LogP contribution in [0.4, 0.5) is 0 Å². The van der Waals surface area contributed by atoms with Crippen molar-refractivity contribution in [3.63, 3.8) is 0 Å². The smallest absolute Gasteiger partial charge is 0.0952 e. The first-order valence-electron chi connectivity index (χ1n) is 5.33. The third-order valence-electron chi connectivity index (χ3n) is 2.44. The second-order valence-electron chi connectivity index (χ2n) is 3.82. The highest BCUT2D eigenvalue weighted by Crippen LogP contribution is 2.22. The number of nitrogens with two attached hydrogens (primary N) is 1. The van der Waals surface area contributed by atoms with Crippen molar-refractivity contribution in [2.45, 2.75) is 13.0 Å². The van der Waals surface area contributed by atoms with Crippen LogP contribution in [0.5, 0.6) is 0 Å². The summed E-state index contributed by atoms with van der Waals surface area (Å²) in [6, 6.07) is 5.63. The van der Waals surface area contributed by atoms with Crippen LogP contribution in [0, 0.1) is 0 Å². The van der Waals surface area contributed by atoms with E-state index in [2.05, 4.69) is 4.98 Å². The van der Waals surface area contributed by atoms with Gasteiger partial charge < -0.3 is 10.3 Å². The minimum absolute atomic E-state index is 0.574. The molecule has 0 saturated heterocycles. The Bertz CT molecular complexity index is 508. The van der Waals surface area contributed by atoms with E-state index < -0.39 is 0 Å². The fourth-order valence-corrected chi connectivity index (χ4v) is 1.94. The van der Waals surface area contributed by atoms with Gasteiger partial charge in [0.2, 0.25) is 0 Å². The molecule has 0 saturated carbocycles. The summed E-state index contributed by atoms with van der Waals surface area (Å²) in [6.45, 7) is 1.35. The van der Waals surface area contributed by atoms with E-state index >= 15 is 0 Å². The van der Waals surface area contributed by atoms with Gasteiger partial charge in [-0.3, -0.25) is 0 Å². The third kappa shape index (κ3) is 3.22. The van der Waals surface area contributed by atoms with E-state index in [-0.39, 0.29) is 0 Å². The standard InChI is InChI=1S/C12H13Cl2N3/c13-11-2-1-9(5-12(11)14)6-17-7-10(3-4-15)16-8-17/h1-2,5,7-8H,3-4,6,15H2. The SMILES string of the molecule is NCCc1cn(Cc2ccc(Cl)c(Cl)c2)cn1. The van der Waals surface area contributed by atoms with Crippen LogP contribution in [-0.4, -0.2) is 16.1 Å². The van der Waals surface area contributed by atoms with Gasteiger partial charge in [-0.15, -0.1) is 0 Å². The molecule has 1 aromatic heterocycles. The van der Waals surface area contributed by atoms with Gasteiger partial charge in [-0.05, 0) is 24.2 Å². The first-order chi connectivity index (χ1) is 8.19. The van der Waals surface area contributed by atoms with Gasteiger partial charge in [-0.25, -0.2) is 4.98 Å². The number of halogens is 2. The topological polar surface area (TPSA) is 43.8 Å². The van der Waals surface area contributed by atoms with Crippen molar-refractivity contribution in [1.29, 1.82) is 0 Å². The maximum Gasteiger partial charge on any atom is 0.0952 e. The second kappa shape index (κ2) is 5.54. The molecule has 0 spiro atoms. The largest absolute Gasteiger partial charge is 0.333 e. The molecule has 90 valence electrons. The lowest BCUT2D eigenvalue weighted by Gasteiger charge is -2.04. The summed E-state index contributed by atoms with van der Waals surface area (Å²) in [6.07, 6.45) is 4.59. The maximum absolute atomic E-state index is 5.96. The van der Waals surface area contributed by atoms with Crippen LogP contribution >= 0.6 is 23.2 Å². The highest BCUT2D eigenvalue weighted by atomic mass is 35.5. The van der Waals surface area contributed by atoms with E-state index in [9.17, 15) is 0 Å². The summed E-state index contributed by atoms with van der Waals surface area (Å²) in [4.78, 5) is 4.27. The van der Waals surface area contributed by atoms with Gasteiger partial charge in [0.25, 0.3) is 0 Å². The van der Waals surface area contributed by atoms with Gasteiger partial charge in [0.05, 0.1) is 22.1 Å². The van der Waals surface area contributed by atoms with Crippen LogP contribution in [0.2, 0.25) is 10.0 Å². The molecule has 0 aliphatic carbocycles. The van der Waals surface area contributed by atoms with Crippen LogP contribution in [-0.2, 0) is 13.0 Å². The molecule has 17 heavy (non-hydrogen) atoms. The number of benzene rings is 1. The fourth-order valence-electron chi connectivity index (χ4n) is 1.62. The van der Waals surface area contributed by atoms with Crippen molar-refractivity contribution in [2.75, 3.05) is 6.54 Å². The van der Waals surface area contributed by atoms with Gasteiger partial charge in [0.15, 0.2) is 0 Å². The number of hydrogen-bond donors (Lipinski definition) is 1. The summed E-state index contributed by atoms with van der Waals surface area (Å²) >= 11 is 11.8. The predicted octanol–water partition coefficient (Wildman–Crippen LogP) is 2.74. The van der Waals surface area contributed by atoms with Crippen molar-refractivity contribution in [1.82, 2.24) is 9.55 Å². The van der Waals surface area contributed by atoms with Crippen molar-refractivity contribution in [2.24, 2.45) is 5.73 Å². The van der Waals surface area contributed by atoms with Crippen molar-refractivity contribution in [3.05, 3.63) is 52.0 Å². The lowest BCUT2D eigenvalue weighted by molar-refractivity contribution is 0.795. The molecular formula is C12H13Cl2N3. The highest BCUT2D eigenvalue weighted by molar-refractivity contribution is 6.42. The first kappa shape index (κ1) is 12.4. The lowest BCUT2D eigenvalue weighted by Crippen LogP contribution is -2.02. The summed E-state index contributed by atoms with van der Waals surface area (Å²) in [5.74, 6) is 0. The number of hydrogen-bond acceptors (Lipinski definition) is 2. The molecule has 2 N–H and O–H groups in total. The van der Waals surface area contributed by atoms with Crippen LogP contribution < -0.4 is 5.73 Å². The van der Waals surface area contributed by atoms with Crippen LogP contribution in [0.25, 0.3) is 0 Å². The fraction of sp³-hybridized carbons (Fsp3) is 0.250. The third-order valence-corrected chi connectivity index (χ3v) is 3.18. The van der Waals surface area contributed by atoms with E-state index in [1.54, 1.807) is 12.4 Å². The molecule has 0 fully saturated rings. The summed E-state index contributed by atoms with van der Waals surface area (Å²) in [7, 11) is 0. The Kier molecular flexibility index (Phi) is 4.05. The maximum atomic E-state index is 5.96. The monoisotopic (exact) mass is 269 g/mol. The van der Waals surface area contributed by atoms with E-state index in [1.807, 2.05) is 22.9 Å². The quantitative estimate of drug-likeness (QED) is 0.928. The molecule has 3 nitrogen and oxygen atoms in total. The zero-order valence-corrected chi connectivity index (χ0v) is 10.7. The van der Waals surface area contributed by atoms with E-state index in [0.717, 1.165) is 24.2 Å². The lowest BCUT2D eigenvalue weighted by atomic mass is 10.2. The molecule has 2 aromatic rings. The molecule has 0 aliphatic rings. The summed E-state index contributed by atoms with van der Waals surface area (Å²) in [5.41, 5.74) is 7.58. The molecule has 0 amide bonds. The van der Waals surface area contributed by atoms with Crippen molar-refractivity contribution >= 4 is 23.2 Å². The normalized spacial score (nSPS) is 10.8. The Morgan fingerprint density at radius 2 is 2.06 bits per heavy atom. The van der Waals surface area contributed by atoms with Crippen molar-refractivity contribution < 1.29 is 0 Å². The number of imidazole rings is 1. The molecule has 2 rings (SSSR count). The van der Waals surface area contributed by atoms with Gasteiger partial charge in [-0.2, -0.15) is 0 Å². The summed E-state index contributed by atoms with van der Waals surface area (Å²) < 4.78 is 2.00. The molecule has 0 atom stereocenters. The van der Waals surface area contributed by atoms with Crippen LogP contribution in [0.15, 0.2) is 30.7 Å². The molecule has 0 unspecified atom stereocenters. The molecule has 1 heterocycles. The van der Waals surface area contributed by atoms with Gasteiger partial charge >= 0.3 is 0 Å². The molecule has 0 bridgehead atoms. The molecule has 5 heteroatoms. The van der Waals surface area contributed by atoms with Gasteiger partial charge in [0, 0.05) is 19.2 Å². The minimum Gasteiger partial charge on any atom is -0.333 e. The molecular weight excluding hydrogens is 257 g/mol. The zero-order valence-electron chi connectivity index (χ0n) is 9.24. The van der Waals surface area contributed by atoms with E-state index in [1.165, 1.54) is 0 Å². The Morgan fingerprint density at radius 3 is 2.76 bits per heavy atom. The van der Waals surface area contributed by atoms with E-state index in [0.29, 0.717) is 16.6 Å². The van der Waals surface area contributed by atoms with Crippen molar-refractivity contribution in [3.8, 4) is 0 Å².